The first-order chi connectivity index (χ1) is 8.92. The number of esters is 1. The summed E-state index contributed by atoms with van der Waals surface area (Å²) in [7, 11) is 1.23. The molecule has 0 aromatic rings. The van der Waals surface area contributed by atoms with Gasteiger partial charge in [0.15, 0.2) is 0 Å². The maximum absolute atomic E-state index is 11.7. The molecule has 2 atom stereocenters. The lowest BCUT2D eigenvalue weighted by Gasteiger charge is -2.17. The number of carbonyl (C=O) groups is 3. The van der Waals surface area contributed by atoms with Crippen molar-refractivity contribution in [2.75, 3.05) is 13.7 Å². The second-order valence-corrected chi connectivity index (χ2v) is 4.35. The van der Waals surface area contributed by atoms with Crippen LogP contribution in [0.2, 0.25) is 0 Å². The van der Waals surface area contributed by atoms with Crippen LogP contribution in [-0.4, -0.2) is 42.6 Å². The Bertz CT molecular complexity index is 319. The van der Waals surface area contributed by atoms with Crippen molar-refractivity contribution >= 4 is 17.8 Å². The van der Waals surface area contributed by atoms with Gasteiger partial charge in [0.2, 0.25) is 5.91 Å². The van der Waals surface area contributed by atoms with Crippen molar-refractivity contribution < 1.29 is 24.2 Å². The highest BCUT2D eigenvalue weighted by atomic mass is 16.5. The molecule has 1 amide bonds. The number of amides is 1. The lowest BCUT2D eigenvalue weighted by molar-refractivity contribution is -0.144. The Morgan fingerprint density at radius 3 is 2.42 bits per heavy atom. The molecule has 0 bridgehead atoms. The molecular formula is C12H22N2O5. The van der Waals surface area contributed by atoms with Crippen molar-refractivity contribution in [3.8, 4) is 0 Å². The van der Waals surface area contributed by atoms with Crippen LogP contribution in [0.25, 0.3) is 0 Å². The molecule has 0 saturated heterocycles. The van der Waals surface area contributed by atoms with Gasteiger partial charge in [-0.25, -0.2) is 4.79 Å². The Labute approximate surface area is 112 Å². The first-order valence-electron chi connectivity index (χ1n) is 6.22. The molecule has 7 nitrogen and oxygen atoms in total. The molecule has 0 saturated carbocycles. The molecule has 0 aliphatic carbocycles. The number of ether oxygens (including phenoxy) is 1. The largest absolute Gasteiger partial charge is 0.480 e. The number of rotatable bonds is 9. The van der Waals surface area contributed by atoms with Gasteiger partial charge in [-0.2, -0.15) is 0 Å². The highest BCUT2D eigenvalue weighted by molar-refractivity contribution is 5.85. The van der Waals surface area contributed by atoms with Gasteiger partial charge < -0.3 is 20.9 Å². The summed E-state index contributed by atoms with van der Waals surface area (Å²) in [4.78, 5) is 33.7. The summed E-state index contributed by atoms with van der Waals surface area (Å²) >= 11 is 0. The molecule has 0 radical (unpaired) electrons. The summed E-state index contributed by atoms with van der Waals surface area (Å²) in [6, 6.07) is -1.08. The third-order valence-corrected chi connectivity index (χ3v) is 2.77. The standard InChI is InChI=1S/C12H22N2O5/c1-8(4-3-7-13)11(16)14-9(12(17)18)5-6-10(15)19-2/h8-9H,3-7,13H2,1-2H3,(H,14,16)(H,17,18)/t8?,9-/m1/s1. The van der Waals surface area contributed by atoms with E-state index in [9.17, 15) is 14.4 Å². The smallest absolute Gasteiger partial charge is 0.326 e. The van der Waals surface area contributed by atoms with Crippen molar-refractivity contribution in [3.05, 3.63) is 0 Å². The van der Waals surface area contributed by atoms with Crippen LogP contribution < -0.4 is 11.1 Å². The topological polar surface area (TPSA) is 119 Å². The van der Waals surface area contributed by atoms with Gasteiger partial charge in [-0.3, -0.25) is 9.59 Å². The Morgan fingerprint density at radius 1 is 1.32 bits per heavy atom. The first kappa shape index (κ1) is 17.4. The zero-order valence-corrected chi connectivity index (χ0v) is 11.3. The molecule has 0 aliphatic rings. The predicted molar refractivity (Wildman–Crippen MR) is 68.3 cm³/mol. The molecular weight excluding hydrogens is 252 g/mol. The minimum atomic E-state index is -1.16. The Morgan fingerprint density at radius 2 is 1.95 bits per heavy atom. The normalized spacial score (nSPS) is 13.4. The van der Waals surface area contributed by atoms with Crippen molar-refractivity contribution in [3.63, 3.8) is 0 Å². The average molecular weight is 274 g/mol. The van der Waals surface area contributed by atoms with E-state index < -0.39 is 18.0 Å². The highest BCUT2D eigenvalue weighted by Crippen LogP contribution is 2.07. The summed E-state index contributed by atoms with van der Waals surface area (Å²) in [5.41, 5.74) is 5.35. The third kappa shape index (κ3) is 7.40. The number of hydrogen-bond acceptors (Lipinski definition) is 5. The SMILES string of the molecule is COC(=O)CC[C@@H](NC(=O)C(C)CCCN)C(=O)O. The van der Waals surface area contributed by atoms with Crippen molar-refractivity contribution in [1.82, 2.24) is 5.32 Å². The van der Waals surface area contributed by atoms with E-state index in [-0.39, 0.29) is 24.7 Å². The predicted octanol–water partition coefficient (Wildman–Crippen LogP) is -0.116. The van der Waals surface area contributed by atoms with Crippen LogP contribution in [0.4, 0.5) is 0 Å². The van der Waals surface area contributed by atoms with E-state index in [2.05, 4.69) is 10.1 Å². The lowest BCUT2D eigenvalue weighted by Crippen LogP contribution is -2.43. The number of nitrogens with two attached hydrogens (primary N) is 1. The molecule has 7 heteroatoms. The van der Waals surface area contributed by atoms with Crippen molar-refractivity contribution in [2.45, 2.75) is 38.6 Å². The molecule has 0 aromatic carbocycles. The summed E-state index contributed by atoms with van der Waals surface area (Å²) in [6.45, 7) is 2.20. The summed E-state index contributed by atoms with van der Waals surface area (Å²) in [5, 5.41) is 11.4. The van der Waals surface area contributed by atoms with E-state index in [0.29, 0.717) is 19.4 Å². The fourth-order valence-corrected chi connectivity index (χ4v) is 1.49. The van der Waals surface area contributed by atoms with E-state index in [1.54, 1.807) is 6.92 Å². The Balaban J connectivity index is 4.29. The second kappa shape index (κ2) is 9.32. The molecule has 1 unspecified atom stereocenters. The van der Waals surface area contributed by atoms with Crippen LogP contribution in [0.5, 0.6) is 0 Å². The van der Waals surface area contributed by atoms with Crippen LogP contribution >= 0.6 is 0 Å². The highest BCUT2D eigenvalue weighted by Gasteiger charge is 2.23. The lowest BCUT2D eigenvalue weighted by atomic mass is 10.0. The first-order valence-corrected chi connectivity index (χ1v) is 6.22. The molecule has 0 spiro atoms. The quantitative estimate of drug-likeness (QED) is 0.504. The van der Waals surface area contributed by atoms with Crippen LogP contribution in [0.3, 0.4) is 0 Å². The van der Waals surface area contributed by atoms with E-state index in [0.717, 1.165) is 0 Å². The van der Waals surface area contributed by atoms with Gasteiger partial charge in [-0.05, 0) is 25.8 Å². The van der Waals surface area contributed by atoms with Crippen molar-refractivity contribution in [1.29, 1.82) is 0 Å². The molecule has 0 fully saturated rings. The molecule has 4 N–H and O–H groups in total. The van der Waals surface area contributed by atoms with Gasteiger partial charge in [0.1, 0.15) is 6.04 Å². The molecule has 0 heterocycles. The molecule has 110 valence electrons. The van der Waals surface area contributed by atoms with Crippen LogP contribution in [0.1, 0.15) is 32.6 Å². The third-order valence-electron chi connectivity index (χ3n) is 2.77. The number of carboxylic acid groups (broad SMARTS) is 1. The van der Waals surface area contributed by atoms with Crippen LogP contribution in [0.15, 0.2) is 0 Å². The van der Waals surface area contributed by atoms with Gasteiger partial charge in [0.25, 0.3) is 0 Å². The number of hydrogen-bond donors (Lipinski definition) is 3. The Kier molecular flexibility index (Phi) is 8.52. The summed E-state index contributed by atoms with van der Waals surface area (Å²) < 4.78 is 4.43. The van der Waals surface area contributed by atoms with Gasteiger partial charge in [-0.1, -0.05) is 6.92 Å². The minimum Gasteiger partial charge on any atom is -0.480 e. The summed E-state index contributed by atoms with van der Waals surface area (Å²) in [5.74, 6) is -2.31. The van der Waals surface area contributed by atoms with Crippen molar-refractivity contribution in [2.24, 2.45) is 11.7 Å². The molecule has 0 rings (SSSR count). The number of carbonyl (C=O) groups excluding carboxylic acids is 2. The van der Waals surface area contributed by atoms with Gasteiger partial charge in [0, 0.05) is 12.3 Å². The van der Waals surface area contributed by atoms with Crippen LogP contribution in [-0.2, 0) is 19.1 Å². The fraction of sp³-hybridized carbons (Fsp3) is 0.750. The number of carboxylic acids is 1. The number of nitrogens with one attached hydrogen (secondary N) is 1. The number of methoxy groups -OCH3 is 1. The minimum absolute atomic E-state index is 0.0113. The Hall–Kier alpha value is -1.63. The van der Waals surface area contributed by atoms with Gasteiger partial charge in [-0.15, -0.1) is 0 Å². The maximum Gasteiger partial charge on any atom is 0.326 e. The number of aliphatic carboxylic acids is 1. The van der Waals surface area contributed by atoms with E-state index in [4.69, 9.17) is 10.8 Å². The summed E-state index contributed by atoms with van der Waals surface area (Å²) in [6.07, 6.45) is 1.27. The molecule has 0 aliphatic heterocycles. The second-order valence-electron chi connectivity index (χ2n) is 4.35. The monoisotopic (exact) mass is 274 g/mol. The van der Waals surface area contributed by atoms with Crippen LogP contribution in [0, 0.1) is 5.92 Å². The van der Waals surface area contributed by atoms with Gasteiger partial charge >= 0.3 is 11.9 Å². The van der Waals surface area contributed by atoms with E-state index >= 15 is 0 Å². The fourth-order valence-electron chi connectivity index (χ4n) is 1.49. The average Bonchev–Trinajstić information content (AvgIpc) is 2.39. The maximum atomic E-state index is 11.7. The molecule has 19 heavy (non-hydrogen) atoms. The van der Waals surface area contributed by atoms with E-state index in [1.165, 1.54) is 7.11 Å². The zero-order chi connectivity index (χ0) is 14.8. The molecule has 0 aromatic heterocycles. The van der Waals surface area contributed by atoms with E-state index in [1.807, 2.05) is 0 Å². The zero-order valence-electron chi connectivity index (χ0n) is 11.3. The van der Waals surface area contributed by atoms with Gasteiger partial charge in [0.05, 0.1) is 7.11 Å².